The van der Waals surface area contributed by atoms with Gasteiger partial charge < -0.3 is 14.1 Å². The Morgan fingerprint density at radius 2 is 1.51 bits per heavy atom. The Labute approximate surface area is 325 Å². The largest absolute Gasteiger partial charge is 0.493 e. The molecule has 1 aliphatic carbocycles. The highest BCUT2D eigenvalue weighted by atomic mass is 16.7. The van der Waals surface area contributed by atoms with Crippen molar-refractivity contribution >= 4 is 50.0 Å². The van der Waals surface area contributed by atoms with E-state index in [-0.39, 0.29) is 5.78 Å². The molecule has 284 valence electrons. The van der Waals surface area contributed by atoms with Gasteiger partial charge in [-0.3, -0.25) is 4.79 Å². The highest BCUT2D eigenvalue weighted by Gasteiger charge is 2.24. The molecule has 6 aromatic rings. The number of benzene rings is 5. The van der Waals surface area contributed by atoms with Crippen LogP contribution in [0.5, 0.6) is 5.75 Å². The molecule has 5 aromatic carbocycles. The van der Waals surface area contributed by atoms with E-state index in [1.54, 1.807) is 0 Å². The first-order chi connectivity index (χ1) is 26.7. The molecule has 7 rings (SSSR count). The molecule has 0 N–H and O–H groups in total. The molecule has 1 aliphatic rings. The van der Waals surface area contributed by atoms with E-state index in [2.05, 4.69) is 85.1 Å². The van der Waals surface area contributed by atoms with Gasteiger partial charge in [0.25, 0.3) is 0 Å². The number of aryl methyl sites for hydroxylation is 3. The number of ether oxygens (including phenoxy) is 1. The molecule has 1 fully saturated rings. The Hall–Kier alpha value is -5.23. The Balaban J connectivity index is 1.41. The van der Waals surface area contributed by atoms with Crippen LogP contribution >= 0.6 is 0 Å². The van der Waals surface area contributed by atoms with Crippen LogP contribution in [0.4, 0.5) is 0 Å². The number of ketones is 1. The van der Waals surface area contributed by atoms with Gasteiger partial charge >= 0.3 is 5.97 Å². The molecule has 1 aromatic heterocycles. The van der Waals surface area contributed by atoms with Crippen molar-refractivity contribution in [3.63, 3.8) is 0 Å². The van der Waals surface area contributed by atoms with Crippen molar-refractivity contribution in [3.8, 4) is 5.75 Å². The van der Waals surface area contributed by atoms with Crippen LogP contribution < -0.4 is 4.74 Å². The van der Waals surface area contributed by atoms with Crippen molar-refractivity contribution in [1.82, 2.24) is 4.57 Å². The Bertz CT molecular complexity index is 2370. The zero-order valence-electron chi connectivity index (χ0n) is 33.3. The van der Waals surface area contributed by atoms with Gasteiger partial charge in [0.15, 0.2) is 5.78 Å². The summed E-state index contributed by atoms with van der Waals surface area (Å²) >= 11 is 0. The summed E-state index contributed by atoms with van der Waals surface area (Å²) < 4.78 is 8.65. The molecule has 0 amide bonds. The van der Waals surface area contributed by atoms with E-state index in [1.807, 2.05) is 44.2 Å². The first-order valence-corrected chi connectivity index (χ1v) is 20.3. The third-order valence-electron chi connectivity index (χ3n) is 11.6. The highest BCUT2D eigenvalue weighted by Crippen LogP contribution is 2.39. The lowest BCUT2D eigenvalue weighted by Crippen LogP contribution is -2.11. The molecule has 6 heteroatoms. The number of aromatic nitrogens is 1. The number of hydrogen-bond acceptors (Lipinski definition) is 5. The average molecular weight is 735 g/mol. The van der Waals surface area contributed by atoms with Gasteiger partial charge in [0.05, 0.1) is 12.1 Å². The SMILES string of the molecule is CCCCC(CC)Cn1c2ccc(C(=NOC(C)=O)c3ccc(OCC4CCCC4)cc3)cc2c2cc(C(=O)c3c(C)cc(C)cc3C)c3ccccc3c21. The molecule has 1 saturated carbocycles. The predicted molar refractivity (Wildman–Crippen MR) is 226 cm³/mol. The first-order valence-electron chi connectivity index (χ1n) is 20.3. The maximum Gasteiger partial charge on any atom is 0.332 e. The normalized spacial score (nSPS) is 14.3. The van der Waals surface area contributed by atoms with Gasteiger partial charge in [-0.2, -0.15) is 0 Å². The fraction of sp³-hybridized carbons (Fsp3) is 0.367. The minimum atomic E-state index is -0.485. The number of fused-ring (bicyclic) bond motifs is 5. The number of nitrogens with zero attached hydrogens (tertiary/aromatic N) is 2. The molecule has 0 aliphatic heterocycles. The summed E-state index contributed by atoms with van der Waals surface area (Å²) in [5.41, 5.74) is 9.00. The molecule has 55 heavy (non-hydrogen) atoms. The van der Waals surface area contributed by atoms with E-state index < -0.39 is 5.97 Å². The van der Waals surface area contributed by atoms with Crippen molar-refractivity contribution in [2.24, 2.45) is 17.0 Å². The van der Waals surface area contributed by atoms with Gasteiger partial charge in [-0.1, -0.05) is 99.1 Å². The number of rotatable bonds is 14. The van der Waals surface area contributed by atoms with Crippen molar-refractivity contribution in [1.29, 1.82) is 0 Å². The zero-order chi connectivity index (χ0) is 38.6. The van der Waals surface area contributed by atoms with Crippen LogP contribution in [0.25, 0.3) is 32.6 Å². The van der Waals surface area contributed by atoms with Gasteiger partial charge in [0.1, 0.15) is 11.5 Å². The lowest BCUT2D eigenvalue weighted by molar-refractivity contribution is -0.140. The fourth-order valence-corrected chi connectivity index (χ4v) is 8.82. The van der Waals surface area contributed by atoms with Crippen LogP contribution in [-0.2, 0) is 16.2 Å². The second kappa shape index (κ2) is 16.6. The van der Waals surface area contributed by atoms with Crippen molar-refractivity contribution < 1.29 is 19.2 Å². The summed E-state index contributed by atoms with van der Waals surface area (Å²) in [7, 11) is 0. The topological polar surface area (TPSA) is 69.9 Å². The van der Waals surface area contributed by atoms with Gasteiger partial charge in [0.2, 0.25) is 0 Å². The molecule has 1 atom stereocenters. The Morgan fingerprint density at radius 3 is 2.18 bits per heavy atom. The highest BCUT2D eigenvalue weighted by molar-refractivity contribution is 6.27. The van der Waals surface area contributed by atoms with E-state index >= 15 is 0 Å². The third kappa shape index (κ3) is 7.96. The van der Waals surface area contributed by atoms with Gasteiger partial charge in [-0.25, -0.2) is 4.79 Å². The fourth-order valence-electron chi connectivity index (χ4n) is 8.82. The van der Waals surface area contributed by atoms with Crippen LogP contribution in [-0.4, -0.2) is 28.6 Å². The van der Waals surface area contributed by atoms with Crippen LogP contribution in [0.15, 0.2) is 90.1 Å². The molecular weight excluding hydrogens is 681 g/mol. The van der Waals surface area contributed by atoms with E-state index in [4.69, 9.17) is 9.57 Å². The van der Waals surface area contributed by atoms with Crippen LogP contribution in [0, 0.1) is 32.6 Å². The molecule has 6 nitrogen and oxygen atoms in total. The van der Waals surface area contributed by atoms with Crippen LogP contribution in [0.2, 0.25) is 0 Å². The molecule has 0 saturated heterocycles. The summed E-state index contributed by atoms with van der Waals surface area (Å²) in [6.45, 7) is 13.7. The summed E-state index contributed by atoms with van der Waals surface area (Å²) in [6.07, 6.45) is 9.61. The van der Waals surface area contributed by atoms with Gasteiger partial charge in [0, 0.05) is 57.4 Å². The quantitative estimate of drug-likeness (QED) is 0.0483. The number of hydrogen-bond donors (Lipinski definition) is 0. The summed E-state index contributed by atoms with van der Waals surface area (Å²) in [6, 6.07) is 29.0. The van der Waals surface area contributed by atoms with Crippen LogP contribution in [0.3, 0.4) is 0 Å². The van der Waals surface area contributed by atoms with E-state index in [9.17, 15) is 9.59 Å². The first kappa shape index (κ1) is 38.1. The lowest BCUT2D eigenvalue weighted by Gasteiger charge is -2.19. The number of carbonyl (C=O) groups excluding carboxylic acids is 2. The van der Waals surface area contributed by atoms with Crippen LogP contribution in [0.1, 0.15) is 116 Å². The van der Waals surface area contributed by atoms with Gasteiger partial charge in [-0.05, 0) is 111 Å². The average Bonchev–Trinajstić information content (AvgIpc) is 3.81. The molecule has 1 heterocycles. The number of carbonyl (C=O) groups is 2. The molecule has 0 radical (unpaired) electrons. The van der Waals surface area contributed by atoms with E-state index in [1.165, 1.54) is 39.0 Å². The van der Waals surface area contributed by atoms with Crippen molar-refractivity contribution in [2.75, 3.05) is 6.61 Å². The van der Waals surface area contributed by atoms with E-state index in [0.29, 0.717) is 23.1 Å². The molecule has 0 spiro atoms. The maximum atomic E-state index is 14.7. The monoisotopic (exact) mass is 734 g/mol. The van der Waals surface area contributed by atoms with E-state index in [0.717, 1.165) is 104 Å². The zero-order valence-corrected chi connectivity index (χ0v) is 33.3. The predicted octanol–water partition coefficient (Wildman–Crippen LogP) is 12.2. The second-order valence-corrected chi connectivity index (χ2v) is 15.7. The second-order valence-electron chi connectivity index (χ2n) is 15.7. The number of oxime groups is 1. The summed E-state index contributed by atoms with van der Waals surface area (Å²) in [5, 5.41) is 8.49. The molecule has 1 unspecified atom stereocenters. The Morgan fingerprint density at radius 1 is 0.818 bits per heavy atom. The third-order valence-corrected chi connectivity index (χ3v) is 11.6. The minimum absolute atomic E-state index is 0.0342. The molecular formula is C49H54N2O4. The van der Waals surface area contributed by atoms with Crippen molar-refractivity contribution in [3.05, 3.63) is 124 Å². The number of unbranched alkanes of at least 4 members (excludes halogenated alkanes) is 1. The lowest BCUT2D eigenvalue weighted by atomic mass is 9.89. The molecule has 0 bridgehead atoms. The smallest absolute Gasteiger partial charge is 0.332 e. The van der Waals surface area contributed by atoms with Crippen molar-refractivity contribution in [2.45, 2.75) is 99.5 Å². The minimum Gasteiger partial charge on any atom is -0.493 e. The summed E-state index contributed by atoms with van der Waals surface area (Å²) in [4.78, 5) is 32.1. The van der Waals surface area contributed by atoms with Gasteiger partial charge in [-0.15, -0.1) is 0 Å². The maximum absolute atomic E-state index is 14.7. The Kier molecular flexibility index (Phi) is 11.5. The standard InChI is InChI=1S/C49H54N2O4/c1-7-9-14-35(8-2)29-51-45-24-21-38(47(50-55-34(6)52)37-19-22-39(23-20-37)54-30-36-15-10-11-16-36)27-42(45)43-28-44(40-17-12-13-18-41(40)48(43)51)49(53)46-32(4)25-31(3)26-33(46)5/h12-13,17-28,35-36H,7-11,14-16,29-30H2,1-6H3. The summed E-state index contributed by atoms with van der Waals surface area (Å²) in [5.74, 6) is 1.49.